The van der Waals surface area contributed by atoms with Crippen molar-refractivity contribution in [3.63, 3.8) is 0 Å². The highest BCUT2D eigenvalue weighted by Gasteiger charge is 2.16. The van der Waals surface area contributed by atoms with Crippen molar-refractivity contribution in [2.75, 3.05) is 13.2 Å². The maximum atomic E-state index is 5.82. The summed E-state index contributed by atoms with van der Waals surface area (Å²) in [7, 11) is 0. The molecule has 4 rings (SSSR count). The first-order valence-electron chi connectivity index (χ1n) is 11.1. The number of rotatable bonds is 7. The molecule has 0 radical (unpaired) electrons. The van der Waals surface area contributed by atoms with Crippen molar-refractivity contribution in [1.29, 1.82) is 0 Å². The van der Waals surface area contributed by atoms with Crippen molar-refractivity contribution in [3.8, 4) is 23.1 Å². The molecule has 1 unspecified atom stereocenters. The van der Waals surface area contributed by atoms with Crippen molar-refractivity contribution in [2.24, 2.45) is 0 Å². The summed E-state index contributed by atoms with van der Waals surface area (Å²) in [6.07, 6.45) is 8.49. The molecule has 160 valence electrons. The van der Waals surface area contributed by atoms with Gasteiger partial charge in [-0.15, -0.1) is 5.10 Å². The lowest BCUT2D eigenvalue weighted by Crippen LogP contribution is -2.24. The van der Waals surface area contributed by atoms with E-state index in [1.54, 1.807) is 6.20 Å². The molecule has 1 aromatic carbocycles. The molecule has 0 saturated carbocycles. The number of nitrogens with one attached hydrogen (secondary N) is 1. The number of aromatic nitrogens is 4. The van der Waals surface area contributed by atoms with Crippen molar-refractivity contribution in [1.82, 2.24) is 25.3 Å². The minimum Gasteiger partial charge on any atom is -0.376 e. The number of benzene rings is 1. The van der Waals surface area contributed by atoms with Gasteiger partial charge < -0.3 is 10.1 Å². The highest BCUT2D eigenvalue weighted by atomic mass is 16.5. The van der Waals surface area contributed by atoms with Gasteiger partial charge in [0.15, 0.2) is 0 Å². The molecule has 1 N–H and O–H groups in total. The number of hydrogen-bond acceptors (Lipinski definition) is 5. The fourth-order valence-corrected chi connectivity index (χ4v) is 3.79. The minimum atomic E-state index is 0.248. The Hall–Kier alpha value is -3.01. The van der Waals surface area contributed by atoms with E-state index in [-0.39, 0.29) is 6.10 Å². The van der Waals surface area contributed by atoms with Crippen molar-refractivity contribution < 1.29 is 4.74 Å². The molecule has 1 atom stereocenters. The minimum absolute atomic E-state index is 0.248. The van der Waals surface area contributed by atoms with Gasteiger partial charge in [0.25, 0.3) is 0 Å². The molecule has 31 heavy (non-hydrogen) atoms. The molecular weight excluding hydrogens is 386 g/mol. The van der Waals surface area contributed by atoms with Crippen LogP contribution < -0.4 is 5.32 Å². The zero-order valence-electron chi connectivity index (χ0n) is 18.1. The van der Waals surface area contributed by atoms with Gasteiger partial charge in [-0.05, 0) is 55.5 Å². The molecule has 0 aliphatic carbocycles. The fourth-order valence-electron chi connectivity index (χ4n) is 3.79. The Morgan fingerprint density at radius 2 is 2.19 bits per heavy atom. The van der Waals surface area contributed by atoms with Gasteiger partial charge in [0.2, 0.25) is 0 Å². The van der Waals surface area contributed by atoms with Crippen LogP contribution >= 0.6 is 0 Å². The van der Waals surface area contributed by atoms with E-state index in [0.29, 0.717) is 6.54 Å². The zero-order valence-corrected chi connectivity index (χ0v) is 18.1. The topological polar surface area (TPSA) is 64.9 Å². The normalized spacial score (nSPS) is 16.0. The summed E-state index contributed by atoms with van der Waals surface area (Å²) in [5.41, 5.74) is 5.30. The highest BCUT2D eigenvalue weighted by molar-refractivity contribution is 5.64. The Morgan fingerprint density at radius 3 is 3.00 bits per heavy atom. The molecule has 2 aromatic heterocycles. The van der Waals surface area contributed by atoms with E-state index in [1.807, 2.05) is 29.1 Å². The third-order valence-corrected chi connectivity index (χ3v) is 5.44. The quantitative estimate of drug-likeness (QED) is 0.472. The second-order valence-corrected chi connectivity index (χ2v) is 7.77. The Kier molecular flexibility index (Phi) is 7.43. The van der Waals surface area contributed by atoms with Gasteiger partial charge in [0, 0.05) is 30.5 Å². The van der Waals surface area contributed by atoms with Gasteiger partial charge in [0.1, 0.15) is 5.69 Å². The lowest BCUT2D eigenvalue weighted by Gasteiger charge is -2.21. The monoisotopic (exact) mass is 415 g/mol. The van der Waals surface area contributed by atoms with Crippen LogP contribution in [0, 0.1) is 11.8 Å². The number of hydrogen-bond donors (Lipinski definition) is 1. The molecule has 6 nitrogen and oxygen atoms in total. The van der Waals surface area contributed by atoms with E-state index in [1.165, 1.54) is 12.0 Å². The Bertz CT molecular complexity index is 1030. The molecule has 1 aliphatic heterocycles. The van der Waals surface area contributed by atoms with E-state index in [4.69, 9.17) is 4.74 Å². The number of nitrogens with zero attached hydrogens (tertiary/aromatic N) is 4. The van der Waals surface area contributed by atoms with E-state index in [2.05, 4.69) is 57.6 Å². The molecule has 3 heterocycles. The summed E-state index contributed by atoms with van der Waals surface area (Å²) < 4.78 is 7.73. The number of pyridine rings is 1. The van der Waals surface area contributed by atoms with E-state index >= 15 is 0 Å². The second-order valence-electron chi connectivity index (χ2n) is 7.77. The maximum absolute atomic E-state index is 5.82. The summed E-state index contributed by atoms with van der Waals surface area (Å²) >= 11 is 0. The smallest absolute Gasteiger partial charge is 0.113 e. The standard InChI is InChI=1S/C25H29N5O/c1-2-21-16-20(8-7-13-26-17-22-9-3-5-14-27-22)11-12-24(21)25-19-30(29-28-25)18-23-10-4-6-15-31-23/h3,5,9,11-12,14,16,19,23,26H,2,4,6,10,13,15,17-18H2,1H3. The molecule has 3 aromatic rings. The van der Waals surface area contributed by atoms with E-state index in [0.717, 1.165) is 61.5 Å². The molecule has 1 aliphatic rings. The second kappa shape index (κ2) is 10.9. The summed E-state index contributed by atoms with van der Waals surface area (Å²) in [4.78, 5) is 4.30. The fraction of sp³-hybridized carbons (Fsp3) is 0.400. The van der Waals surface area contributed by atoms with Gasteiger partial charge in [0.05, 0.1) is 31.1 Å². The van der Waals surface area contributed by atoms with Gasteiger partial charge in [-0.25, -0.2) is 4.68 Å². The van der Waals surface area contributed by atoms with E-state index in [9.17, 15) is 0 Å². The first kappa shape index (κ1) is 21.2. The molecule has 0 spiro atoms. The largest absolute Gasteiger partial charge is 0.376 e. The van der Waals surface area contributed by atoms with Crippen LogP contribution in [0.4, 0.5) is 0 Å². The molecule has 6 heteroatoms. The third-order valence-electron chi connectivity index (χ3n) is 5.44. The Morgan fingerprint density at radius 1 is 1.23 bits per heavy atom. The number of ether oxygens (including phenoxy) is 1. The van der Waals surface area contributed by atoms with Gasteiger partial charge >= 0.3 is 0 Å². The average Bonchev–Trinajstić information content (AvgIpc) is 3.28. The summed E-state index contributed by atoms with van der Waals surface area (Å²) in [5.74, 6) is 6.45. The summed E-state index contributed by atoms with van der Waals surface area (Å²) in [6.45, 7) is 5.12. The van der Waals surface area contributed by atoms with Gasteiger partial charge in [-0.2, -0.15) is 0 Å². The third kappa shape index (κ3) is 6.00. The molecule has 1 fully saturated rings. The van der Waals surface area contributed by atoms with Crippen LogP contribution in [0.3, 0.4) is 0 Å². The van der Waals surface area contributed by atoms with Crippen LogP contribution in [0.25, 0.3) is 11.3 Å². The molecule has 0 bridgehead atoms. The van der Waals surface area contributed by atoms with Crippen LogP contribution in [0.2, 0.25) is 0 Å². The van der Waals surface area contributed by atoms with Crippen molar-refractivity contribution in [2.45, 2.75) is 51.8 Å². The lowest BCUT2D eigenvalue weighted by atomic mass is 10.00. The molecule has 1 saturated heterocycles. The van der Waals surface area contributed by atoms with E-state index < -0.39 is 0 Å². The van der Waals surface area contributed by atoms with Crippen LogP contribution in [0.5, 0.6) is 0 Å². The van der Waals surface area contributed by atoms with Crippen molar-refractivity contribution >= 4 is 0 Å². The van der Waals surface area contributed by atoms with Gasteiger partial charge in [-0.1, -0.05) is 36.1 Å². The molecule has 0 amide bonds. The zero-order chi connectivity index (χ0) is 21.3. The predicted molar refractivity (Wildman–Crippen MR) is 121 cm³/mol. The highest BCUT2D eigenvalue weighted by Crippen LogP contribution is 2.24. The van der Waals surface area contributed by atoms with Gasteiger partial charge in [-0.3, -0.25) is 4.98 Å². The van der Waals surface area contributed by atoms with Crippen LogP contribution in [0.1, 0.15) is 43.0 Å². The van der Waals surface area contributed by atoms with Crippen LogP contribution in [-0.4, -0.2) is 39.2 Å². The lowest BCUT2D eigenvalue weighted by molar-refractivity contribution is 0.00370. The van der Waals surface area contributed by atoms with Crippen LogP contribution in [-0.2, 0) is 24.2 Å². The first-order valence-corrected chi connectivity index (χ1v) is 11.1. The summed E-state index contributed by atoms with van der Waals surface area (Å²) in [6, 6.07) is 12.2. The van der Waals surface area contributed by atoms with Crippen molar-refractivity contribution in [3.05, 3.63) is 65.6 Å². The maximum Gasteiger partial charge on any atom is 0.113 e. The predicted octanol–water partition coefficient (Wildman–Crippen LogP) is 3.61. The SMILES string of the molecule is CCc1cc(C#CCNCc2ccccn2)ccc1-c1cn(CC2CCCCO2)nn1. The van der Waals surface area contributed by atoms with Crippen LogP contribution in [0.15, 0.2) is 48.8 Å². The summed E-state index contributed by atoms with van der Waals surface area (Å²) in [5, 5.41) is 12.0. The number of aryl methyl sites for hydroxylation is 1. The first-order chi connectivity index (χ1) is 15.3. The Labute approximate surface area is 184 Å². The Balaban J connectivity index is 1.37. The average molecular weight is 416 g/mol. The molecular formula is C25H29N5O.